The van der Waals surface area contributed by atoms with Crippen molar-refractivity contribution in [2.75, 3.05) is 5.01 Å². The first-order valence-corrected chi connectivity index (χ1v) is 5.46. The van der Waals surface area contributed by atoms with Crippen molar-refractivity contribution in [1.82, 2.24) is 0 Å². The minimum atomic E-state index is -0.725. The van der Waals surface area contributed by atoms with Gasteiger partial charge in [0, 0.05) is 0 Å². The van der Waals surface area contributed by atoms with Gasteiger partial charge < -0.3 is 4.79 Å². The molecular formula is C13H14N2O2. The number of rotatable bonds is 2. The number of aldehydes is 1. The van der Waals surface area contributed by atoms with Gasteiger partial charge in [-0.15, -0.1) is 0 Å². The van der Waals surface area contributed by atoms with Crippen LogP contribution in [0.25, 0.3) is 0 Å². The molecule has 1 atom stereocenters. The molecule has 88 valence electrons. The molecule has 4 heteroatoms. The second-order valence-corrected chi connectivity index (χ2v) is 4.27. The minimum absolute atomic E-state index is 0.277. The summed E-state index contributed by atoms with van der Waals surface area (Å²) in [7, 11) is 0. The zero-order chi connectivity index (χ0) is 12.6. The lowest BCUT2D eigenvalue weighted by molar-refractivity contribution is -0.123. The van der Waals surface area contributed by atoms with E-state index in [1.165, 1.54) is 5.01 Å². The van der Waals surface area contributed by atoms with E-state index in [2.05, 4.69) is 5.10 Å². The number of carbonyl (C=O) groups is 2. The Morgan fingerprint density at radius 3 is 2.47 bits per heavy atom. The monoisotopic (exact) mass is 230 g/mol. The summed E-state index contributed by atoms with van der Waals surface area (Å²) in [5.74, 6) is -1.00. The summed E-state index contributed by atoms with van der Waals surface area (Å²) in [5.41, 5.74) is 3.51. The standard InChI is InChI=1S/C13H14N2O2/c1-8-4-5-11(6-9(8)2)15-13(17)12(7-16)10(3)14-15/h4-7,12H,1-3H3/t12-/m0/s1. The molecule has 0 aromatic heterocycles. The van der Waals surface area contributed by atoms with E-state index in [4.69, 9.17) is 0 Å². The van der Waals surface area contributed by atoms with E-state index in [0.717, 1.165) is 11.1 Å². The van der Waals surface area contributed by atoms with Gasteiger partial charge in [-0.25, -0.2) is 0 Å². The van der Waals surface area contributed by atoms with Crippen LogP contribution in [0.2, 0.25) is 0 Å². The molecular weight excluding hydrogens is 216 g/mol. The predicted molar refractivity (Wildman–Crippen MR) is 66.1 cm³/mol. The molecule has 1 aromatic carbocycles. The smallest absolute Gasteiger partial charge is 0.263 e. The van der Waals surface area contributed by atoms with Crippen molar-refractivity contribution < 1.29 is 9.59 Å². The number of hydrazone groups is 1. The average Bonchev–Trinajstić information content (AvgIpc) is 2.58. The average molecular weight is 230 g/mol. The topological polar surface area (TPSA) is 49.7 Å². The fourth-order valence-corrected chi connectivity index (χ4v) is 1.78. The highest BCUT2D eigenvalue weighted by atomic mass is 16.2. The summed E-state index contributed by atoms with van der Waals surface area (Å²) in [6.45, 7) is 5.68. The number of carbonyl (C=O) groups excluding carboxylic acids is 2. The Bertz CT molecular complexity index is 520. The van der Waals surface area contributed by atoms with Crippen LogP contribution in [-0.4, -0.2) is 17.9 Å². The SMILES string of the molecule is CC1=NN(c2ccc(C)c(C)c2)C(=O)[C@H]1C=O. The van der Waals surface area contributed by atoms with Crippen molar-refractivity contribution in [3.8, 4) is 0 Å². The quantitative estimate of drug-likeness (QED) is 0.575. The first-order valence-electron chi connectivity index (χ1n) is 5.46. The van der Waals surface area contributed by atoms with E-state index >= 15 is 0 Å². The fourth-order valence-electron chi connectivity index (χ4n) is 1.78. The van der Waals surface area contributed by atoms with Crippen LogP contribution < -0.4 is 5.01 Å². The van der Waals surface area contributed by atoms with Gasteiger partial charge in [0.05, 0.1) is 11.4 Å². The molecule has 0 spiro atoms. The molecule has 0 bridgehead atoms. The maximum Gasteiger partial charge on any atom is 0.263 e. The third kappa shape index (κ3) is 1.86. The molecule has 0 fully saturated rings. The van der Waals surface area contributed by atoms with Crippen molar-refractivity contribution in [2.45, 2.75) is 20.8 Å². The number of benzene rings is 1. The number of amides is 1. The largest absolute Gasteiger partial charge is 0.302 e. The first-order chi connectivity index (χ1) is 8.04. The van der Waals surface area contributed by atoms with Crippen LogP contribution in [0.1, 0.15) is 18.1 Å². The Hall–Kier alpha value is -1.97. The van der Waals surface area contributed by atoms with E-state index in [1.54, 1.807) is 6.92 Å². The van der Waals surface area contributed by atoms with Crippen LogP contribution in [0.4, 0.5) is 5.69 Å². The molecule has 0 saturated heterocycles. The van der Waals surface area contributed by atoms with Crippen LogP contribution in [0.3, 0.4) is 0 Å². The van der Waals surface area contributed by atoms with Crippen LogP contribution >= 0.6 is 0 Å². The molecule has 1 aliphatic heterocycles. The van der Waals surface area contributed by atoms with Gasteiger partial charge in [-0.2, -0.15) is 10.1 Å². The zero-order valence-electron chi connectivity index (χ0n) is 10.1. The Labute approximate surface area is 99.9 Å². The van der Waals surface area contributed by atoms with Crippen LogP contribution in [0.15, 0.2) is 23.3 Å². The maximum atomic E-state index is 11.9. The number of anilines is 1. The van der Waals surface area contributed by atoms with Crippen molar-refractivity contribution >= 4 is 23.6 Å². The molecule has 0 saturated carbocycles. The second-order valence-electron chi connectivity index (χ2n) is 4.27. The number of hydrogen-bond donors (Lipinski definition) is 0. The van der Waals surface area contributed by atoms with Crippen molar-refractivity contribution in [1.29, 1.82) is 0 Å². The van der Waals surface area contributed by atoms with Gasteiger partial charge in [-0.1, -0.05) is 6.07 Å². The molecule has 17 heavy (non-hydrogen) atoms. The first kappa shape index (κ1) is 11.5. The van der Waals surface area contributed by atoms with E-state index in [-0.39, 0.29) is 5.91 Å². The van der Waals surface area contributed by atoms with Crippen LogP contribution in [0.5, 0.6) is 0 Å². The lowest BCUT2D eigenvalue weighted by atomic mass is 10.1. The van der Waals surface area contributed by atoms with E-state index in [0.29, 0.717) is 17.7 Å². The summed E-state index contributed by atoms with van der Waals surface area (Å²) in [5, 5.41) is 5.44. The normalized spacial score (nSPS) is 19.5. The van der Waals surface area contributed by atoms with E-state index in [9.17, 15) is 9.59 Å². The molecule has 0 N–H and O–H groups in total. The molecule has 0 radical (unpaired) electrons. The van der Waals surface area contributed by atoms with Crippen LogP contribution in [-0.2, 0) is 9.59 Å². The lowest BCUT2D eigenvalue weighted by Crippen LogP contribution is -2.27. The minimum Gasteiger partial charge on any atom is -0.302 e. The molecule has 1 aromatic rings. The summed E-state index contributed by atoms with van der Waals surface area (Å²) in [6, 6.07) is 5.68. The third-order valence-corrected chi connectivity index (χ3v) is 3.05. The van der Waals surface area contributed by atoms with Crippen molar-refractivity contribution in [3.05, 3.63) is 29.3 Å². The van der Waals surface area contributed by atoms with Crippen LogP contribution in [0, 0.1) is 19.8 Å². The summed E-state index contributed by atoms with van der Waals surface area (Å²) in [6.07, 6.45) is 0.641. The molecule has 0 unspecified atom stereocenters. The van der Waals surface area contributed by atoms with Gasteiger partial charge in [-0.05, 0) is 44.0 Å². The third-order valence-electron chi connectivity index (χ3n) is 3.05. The molecule has 1 amide bonds. The molecule has 1 aliphatic rings. The van der Waals surface area contributed by atoms with E-state index in [1.807, 2.05) is 32.0 Å². The highest BCUT2D eigenvalue weighted by Crippen LogP contribution is 2.24. The van der Waals surface area contributed by atoms with Gasteiger partial charge in [-0.3, -0.25) is 4.79 Å². The highest BCUT2D eigenvalue weighted by molar-refractivity contribution is 6.22. The zero-order valence-corrected chi connectivity index (χ0v) is 10.1. The van der Waals surface area contributed by atoms with Gasteiger partial charge in [0.15, 0.2) is 0 Å². The predicted octanol–water partition coefficient (Wildman–Crippen LogP) is 1.84. The van der Waals surface area contributed by atoms with Gasteiger partial charge in [0.1, 0.15) is 12.2 Å². The maximum absolute atomic E-state index is 11.9. The highest BCUT2D eigenvalue weighted by Gasteiger charge is 2.33. The van der Waals surface area contributed by atoms with Gasteiger partial charge >= 0.3 is 0 Å². The molecule has 1 heterocycles. The summed E-state index contributed by atoms with van der Waals surface area (Å²) < 4.78 is 0. The number of aryl methyl sites for hydroxylation is 2. The molecule has 2 rings (SSSR count). The second kappa shape index (κ2) is 4.13. The number of hydrogen-bond acceptors (Lipinski definition) is 3. The van der Waals surface area contributed by atoms with Gasteiger partial charge in [0.2, 0.25) is 0 Å². The summed E-state index contributed by atoms with van der Waals surface area (Å²) in [4.78, 5) is 22.7. The lowest BCUT2D eigenvalue weighted by Gasteiger charge is -2.13. The Morgan fingerprint density at radius 1 is 1.24 bits per heavy atom. The Kier molecular flexibility index (Phi) is 2.79. The number of nitrogens with zero attached hydrogens (tertiary/aromatic N) is 2. The van der Waals surface area contributed by atoms with Crippen molar-refractivity contribution in [2.24, 2.45) is 11.0 Å². The summed E-state index contributed by atoms with van der Waals surface area (Å²) >= 11 is 0. The van der Waals surface area contributed by atoms with Gasteiger partial charge in [0.25, 0.3) is 5.91 Å². The Balaban J connectivity index is 2.39. The van der Waals surface area contributed by atoms with Crippen molar-refractivity contribution in [3.63, 3.8) is 0 Å². The molecule has 4 nitrogen and oxygen atoms in total. The van der Waals surface area contributed by atoms with E-state index < -0.39 is 5.92 Å². The fraction of sp³-hybridized carbons (Fsp3) is 0.308. The Morgan fingerprint density at radius 2 is 1.94 bits per heavy atom. The molecule has 0 aliphatic carbocycles.